The molecule has 0 atom stereocenters. The van der Waals surface area contributed by atoms with Gasteiger partial charge < -0.3 is 9.47 Å². The van der Waals surface area contributed by atoms with Gasteiger partial charge in [0.05, 0.1) is 13.2 Å². The molecule has 1 aromatic heterocycles. The number of aryl methyl sites for hydroxylation is 1. The van der Waals surface area contributed by atoms with Gasteiger partial charge in [0.25, 0.3) is 0 Å². The van der Waals surface area contributed by atoms with E-state index in [0.29, 0.717) is 17.5 Å². The first-order valence-corrected chi connectivity index (χ1v) is 6.87. The molecule has 0 saturated heterocycles. The molecule has 0 saturated carbocycles. The highest BCUT2D eigenvalue weighted by Gasteiger charge is 2.38. The first kappa shape index (κ1) is 16.8. The minimum Gasteiger partial charge on any atom is -0.465 e. The third kappa shape index (κ3) is 4.11. The summed E-state index contributed by atoms with van der Waals surface area (Å²) in [6.07, 6.45) is 3.55. The molecule has 0 spiro atoms. The molecular weight excluding hydrogens is 274 g/mol. The van der Waals surface area contributed by atoms with Gasteiger partial charge in [0.2, 0.25) is 5.92 Å². The molecule has 0 aliphatic carbocycles. The lowest BCUT2D eigenvalue weighted by molar-refractivity contribution is -0.158. The summed E-state index contributed by atoms with van der Waals surface area (Å²) in [5.74, 6) is -3.98. The molecule has 114 valence electrons. The zero-order chi connectivity index (χ0) is 15.8. The zero-order valence-corrected chi connectivity index (χ0v) is 12.4. The van der Waals surface area contributed by atoms with Gasteiger partial charge in [0.15, 0.2) is 5.78 Å². The Kier molecular flexibility index (Phi) is 6.52. The van der Waals surface area contributed by atoms with Crippen LogP contribution >= 0.6 is 0 Å². The predicted octanol–water partition coefficient (Wildman–Crippen LogP) is 1.57. The van der Waals surface area contributed by atoms with Gasteiger partial charge in [-0.1, -0.05) is 6.92 Å². The molecule has 1 aromatic rings. The van der Waals surface area contributed by atoms with E-state index in [0.717, 1.165) is 0 Å². The fourth-order valence-corrected chi connectivity index (χ4v) is 1.87. The number of rotatable bonds is 7. The molecule has 6 heteroatoms. The predicted molar refractivity (Wildman–Crippen MR) is 74.7 cm³/mol. The number of Topliss-reactive ketones (excluding diaryl/α,β-unsaturated/α-hetero) is 1. The topological polar surface area (TPSA) is 82.6 Å². The van der Waals surface area contributed by atoms with E-state index in [4.69, 9.17) is 9.47 Å². The molecule has 0 N–H and O–H groups in total. The van der Waals surface area contributed by atoms with Crippen molar-refractivity contribution in [2.24, 2.45) is 5.92 Å². The SMILES string of the molecule is CCOC(=O)C(C(=O)OCC)C(=O)c1ccncc1CC. The summed E-state index contributed by atoms with van der Waals surface area (Å²) in [7, 11) is 0. The van der Waals surface area contributed by atoms with Crippen molar-refractivity contribution in [3.63, 3.8) is 0 Å². The van der Waals surface area contributed by atoms with Gasteiger partial charge >= 0.3 is 11.9 Å². The molecule has 0 aliphatic rings. The van der Waals surface area contributed by atoms with Gasteiger partial charge in [0.1, 0.15) is 0 Å². The summed E-state index contributed by atoms with van der Waals surface area (Å²) < 4.78 is 9.62. The Morgan fingerprint density at radius 1 is 1.10 bits per heavy atom. The standard InChI is InChI=1S/C15H19NO5/c1-4-10-9-16-8-7-11(10)13(17)12(14(18)20-5-2)15(19)21-6-3/h7-9,12H,4-6H2,1-3H3. The number of ether oxygens (including phenoxy) is 2. The second kappa shape index (κ2) is 8.14. The Morgan fingerprint density at radius 2 is 1.67 bits per heavy atom. The maximum Gasteiger partial charge on any atom is 0.328 e. The second-order valence-electron chi connectivity index (χ2n) is 4.19. The summed E-state index contributed by atoms with van der Waals surface area (Å²) in [4.78, 5) is 40.3. The zero-order valence-electron chi connectivity index (χ0n) is 12.4. The molecule has 1 rings (SSSR count). The number of esters is 2. The number of nitrogens with zero attached hydrogens (tertiary/aromatic N) is 1. The average Bonchev–Trinajstić information content (AvgIpc) is 2.47. The fourth-order valence-electron chi connectivity index (χ4n) is 1.87. The fraction of sp³-hybridized carbons (Fsp3) is 0.467. The Balaban J connectivity index is 3.15. The highest BCUT2D eigenvalue weighted by Crippen LogP contribution is 2.17. The van der Waals surface area contributed by atoms with Crippen molar-refractivity contribution in [2.75, 3.05) is 13.2 Å². The molecule has 0 unspecified atom stereocenters. The van der Waals surface area contributed by atoms with Crippen LogP contribution in [0.2, 0.25) is 0 Å². The van der Waals surface area contributed by atoms with Crippen LogP contribution in [0.1, 0.15) is 36.7 Å². The van der Waals surface area contributed by atoms with Crippen molar-refractivity contribution in [2.45, 2.75) is 27.2 Å². The van der Waals surface area contributed by atoms with Gasteiger partial charge in [0, 0.05) is 18.0 Å². The van der Waals surface area contributed by atoms with Crippen molar-refractivity contribution >= 4 is 17.7 Å². The van der Waals surface area contributed by atoms with Crippen LogP contribution in [0.25, 0.3) is 0 Å². The van der Waals surface area contributed by atoms with Crippen LogP contribution < -0.4 is 0 Å². The van der Waals surface area contributed by atoms with Gasteiger partial charge in [-0.05, 0) is 31.9 Å². The van der Waals surface area contributed by atoms with Crippen LogP contribution in [-0.4, -0.2) is 35.9 Å². The molecule has 0 fully saturated rings. The van der Waals surface area contributed by atoms with E-state index in [1.165, 1.54) is 12.3 Å². The highest BCUT2D eigenvalue weighted by molar-refractivity contribution is 6.21. The summed E-state index contributed by atoms with van der Waals surface area (Å²) in [6, 6.07) is 1.49. The minimum absolute atomic E-state index is 0.0823. The van der Waals surface area contributed by atoms with Crippen molar-refractivity contribution in [3.05, 3.63) is 29.6 Å². The molecule has 0 amide bonds. The molecular formula is C15H19NO5. The molecule has 0 aliphatic heterocycles. The third-order valence-electron chi connectivity index (χ3n) is 2.86. The van der Waals surface area contributed by atoms with E-state index in [1.807, 2.05) is 6.92 Å². The monoisotopic (exact) mass is 293 g/mol. The number of aromatic nitrogens is 1. The minimum atomic E-state index is -1.59. The maximum atomic E-state index is 12.5. The van der Waals surface area contributed by atoms with Crippen LogP contribution in [0.5, 0.6) is 0 Å². The Hall–Kier alpha value is -2.24. The van der Waals surface area contributed by atoms with Crippen LogP contribution in [0.4, 0.5) is 0 Å². The molecule has 0 aromatic carbocycles. The van der Waals surface area contributed by atoms with Gasteiger partial charge in [-0.15, -0.1) is 0 Å². The normalized spacial score (nSPS) is 10.3. The van der Waals surface area contributed by atoms with E-state index in [9.17, 15) is 14.4 Å². The van der Waals surface area contributed by atoms with Gasteiger partial charge in [-0.25, -0.2) is 0 Å². The highest BCUT2D eigenvalue weighted by atomic mass is 16.6. The Labute approximate surface area is 123 Å². The average molecular weight is 293 g/mol. The number of ketones is 1. The molecule has 0 bridgehead atoms. The number of pyridine rings is 1. The van der Waals surface area contributed by atoms with Crippen LogP contribution in [0.3, 0.4) is 0 Å². The van der Waals surface area contributed by atoms with Crippen LogP contribution in [0, 0.1) is 5.92 Å². The first-order valence-electron chi connectivity index (χ1n) is 6.87. The van der Waals surface area contributed by atoms with Crippen LogP contribution in [0.15, 0.2) is 18.5 Å². The number of carbonyl (C=O) groups is 3. The lowest BCUT2D eigenvalue weighted by Crippen LogP contribution is -2.35. The van der Waals surface area contributed by atoms with E-state index < -0.39 is 23.6 Å². The summed E-state index contributed by atoms with van der Waals surface area (Å²) >= 11 is 0. The van der Waals surface area contributed by atoms with Crippen molar-refractivity contribution in [1.82, 2.24) is 4.98 Å². The smallest absolute Gasteiger partial charge is 0.328 e. The summed E-state index contributed by atoms with van der Waals surface area (Å²) in [6.45, 7) is 5.23. The van der Waals surface area contributed by atoms with E-state index in [-0.39, 0.29) is 13.2 Å². The molecule has 21 heavy (non-hydrogen) atoms. The van der Waals surface area contributed by atoms with E-state index in [1.54, 1.807) is 20.0 Å². The Bertz CT molecular complexity index is 509. The van der Waals surface area contributed by atoms with E-state index in [2.05, 4.69) is 4.98 Å². The van der Waals surface area contributed by atoms with Crippen molar-refractivity contribution in [3.8, 4) is 0 Å². The van der Waals surface area contributed by atoms with Gasteiger partial charge in [-0.3, -0.25) is 19.4 Å². The second-order valence-corrected chi connectivity index (χ2v) is 4.19. The number of hydrogen-bond acceptors (Lipinski definition) is 6. The lowest BCUT2D eigenvalue weighted by Gasteiger charge is -2.14. The quantitative estimate of drug-likeness (QED) is 0.431. The van der Waals surface area contributed by atoms with Crippen LogP contribution in [-0.2, 0) is 25.5 Å². The largest absolute Gasteiger partial charge is 0.465 e. The number of hydrogen-bond donors (Lipinski definition) is 0. The molecule has 1 heterocycles. The Morgan fingerprint density at radius 3 is 2.14 bits per heavy atom. The third-order valence-corrected chi connectivity index (χ3v) is 2.86. The van der Waals surface area contributed by atoms with Crippen molar-refractivity contribution in [1.29, 1.82) is 0 Å². The summed E-state index contributed by atoms with van der Waals surface area (Å²) in [5, 5.41) is 0. The first-order chi connectivity index (χ1) is 10.1. The summed E-state index contributed by atoms with van der Waals surface area (Å²) in [5.41, 5.74) is 0.958. The maximum absolute atomic E-state index is 12.5. The lowest BCUT2D eigenvalue weighted by atomic mass is 9.94. The number of carbonyl (C=O) groups excluding carboxylic acids is 3. The van der Waals surface area contributed by atoms with Gasteiger partial charge in [-0.2, -0.15) is 0 Å². The van der Waals surface area contributed by atoms with Crippen molar-refractivity contribution < 1.29 is 23.9 Å². The molecule has 0 radical (unpaired) electrons. The molecule has 6 nitrogen and oxygen atoms in total. The van der Waals surface area contributed by atoms with E-state index >= 15 is 0 Å².